The number of rotatable bonds is 6. The summed E-state index contributed by atoms with van der Waals surface area (Å²) in [5.41, 5.74) is 2.54. The van der Waals surface area contributed by atoms with Crippen molar-refractivity contribution in [3.05, 3.63) is 33.1 Å². The third-order valence-electron chi connectivity index (χ3n) is 2.53. The normalized spacial score (nSPS) is 11.9. The van der Waals surface area contributed by atoms with Crippen LogP contribution in [0.5, 0.6) is 0 Å². The average Bonchev–Trinajstić information content (AvgIpc) is 2.97. The van der Waals surface area contributed by atoms with E-state index in [0.717, 1.165) is 15.4 Å². The molecule has 2 heterocycles. The van der Waals surface area contributed by atoms with Crippen LogP contribution in [0.25, 0.3) is 0 Å². The minimum absolute atomic E-state index is 0.0213. The number of nitrogens with zero attached hydrogens (tertiary/aromatic N) is 1. The topological polar surface area (TPSA) is 79.3 Å². The zero-order valence-corrected chi connectivity index (χ0v) is 12.7. The summed E-state index contributed by atoms with van der Waals surface area (Å²) in [7, 11) is -3.48. The number of aliphatic hydroxyl groups excluding tert-OH is 1. The van der Waals surface area contributed by atoms with Crippen molar-refractivity contribution in [3.63, 3.8) is 0 Å². The van der Waals surface area contributed by atoms with Crippen molar-refractivity contribution >= 4 is 32.7 Å². The summed E-state index contributed by atoms with van der Waals surface area (Å²) < 4.78 is 27.0. The maximum Gasteiger partial charge on any atom is 0.250 e. The van der Waals surface area contributed by atoms with Crippen molar-refractivity contribution in [2.45, 2.75) is 24.1 Å². The van der Waals surface area contributed by atoms with Gasteiger partial charge in [-0.05, 0) is 19.1 Å². The van der Waals surface area contributed by atoms with E-state index in [-0.39, 0.29) is 17.4 Å². The molecule has 0 amide bonds. The minimum atomic E-state index is -3.48. The van der Waals surface area contributed by atoms with Crippen LogP contribution in [0, 0.1) is 6.92 Å². The van der Waals surface area contributed by atoms with Crippen molar-refractivity contribution in [1.29, 1.82) is 0 Å². The van der Waals surface area contributed by atoms with E-state index in [1.54, 1.807) is 17.6 Å². The number of nitrogens with one attached hydrogen (secondary N) is 1. The molecule has 8 heteroatoms. The second-order valence-corrected chi connectivity index (χ2v) is 7.98. The summed E-state index contributed by atoms with van der Waals surface area (Å²) >= 11 is 2.61. The molecule has 0 atom stereocenters. The molecule has 0 fully saturated rings. The molecule has 0 aliphatic carbocycles. The Bertz CT molecular complexity index is 646. The lowest BCUT2D eigenvalue weighted by Crippen LogP contribution is -2.22. The molecular weight excluding hydrogens is 304 g/mol. The van der Waals surface area contributed by atoms with Gasteiger partial charge < -0.3 is 5.11 Å². The van der Waals surface area contributed by atoms with E-state index in [2.05, 4.69) is 9.71 Å². The SMILES string of the molecule is Cc1ncsc1CNS(=O)(=O)c1ccc(CCO)s1. The summed E-state index contributed by atoms with van der Waals surface area (Å²) in [5.74, 6) is 0. The molecule has 0 saturated carbocycles. The summed E-state index contributed by atoms with van der Waals surface area (Å²) in [6, 6.07) is 3.30. The molecule has 5 nitrogen and oxygen atoms in total. The Kier molecular flexibility index (Phi) is 4.69. The van der Waals surface area contributed by atoms with Crippen molar-refractivity contribution in [3.8, 4) is 0 Å². The third kappa shape index (κ3) is 3.61. The molecule has 0 aliphatic heterocycles. The lowest BCUT2D eigenvalue weighted by molar-refractivity contribution is 0.300. The van der Waals surface area contributed by atoms with Gasteiger partial charge in [0.2, 0.25) is 10.0 Å². The first-order chi connectivity index (χ1) is 9.03. The van der Waals surface area contributed by atoms with Gasteiger partial charge in [0.05, 0.1) is 11.2 Å². The molecule has 0 aromatic carbocycles. The lowest BCUT2D eigenvalue weighted by atomic mass is 10.4. The van der Waals surface area contributed by atoms with Crippen molar-refractivity contribution in [2.24, 2.45) is 0 Å². The summed E-state index contributed by atoms with van der Waals surface area (Å²) in [5, 5.41) is 8.83. The van der Waals surface area contributed by atoms with Crippen LogP contribution >= 0.6 is 22.7 Å². The molecule has 2 N–H and O–H groups in total. The number of thiazole rings is 1. The van der Waals surface area contributed by atoms with Gasteiger partial charge in [-0.15, -0.1) is 22.7 Å². The highest BCUT2D eigenvalue weighted by Gasteiger charge is 2.17. The fraction of sp³-hybridized carbons (Fsp3) is 0.364. The van der Waals surface area contributed by atoms with Crippen molar-refractivity contribution in [1.82, 2.24) is 9.71 Å². The third-order valence-corrected chi connectivity index (χ3v) is 6.50. The Morgan fingerprint density at radius 3 is 2.84 bits per heavy atom. The van der Waals surface area contributed by atoms with E-state index in [1.165, 1.54) is 22.7 Å². The number of thiophene rings is 1. The Morgan fingerprint density at radius 1 is 1.42 bits per heavy atom. The number of aliphatic hydroxyl groups is 1. The largest absolute Gasteiger partial charge is 0.396 e. The maximum atomic E-state index is 12.1. The van der Waals surface area contributed by atoms with Gasteiger partial charge in [-0.25, -0.2) is 18.1 Å². The molecule has 2 aromatic rings. The molecular formula is C11H14N2O3S3. The molecule has 2 aromatic heterocycles. The van der Waals surface area contributed by atoms with Crippen LogP contribution in [0.15, 0.2) is 21.9 Å². The average molecular weight is 318 g/mol. The number of sulfonamides is 1. The quantitative estimate of drug-likeness (QED) is 0.846. The second-order valence-electron chi connectivity index (χ2n) is 3.88. The van der Waals surface area contributed by atoms with Gasteiger partial charge in [-0.3, -0.25) is 0 Å². The molecule has 0 spiro atoms. The monoisotopic (exact) mass is 318 g/mol. The molecule has 0 radical (unpaired) electrons. The maximum absolute atomic E-state index is 12.1. The van der Waals surface area contributed by atoms with Gasteiger partial charge in [0, 0.05) is 29.3 Å². The predicted octanol–water partition coefficient (Wildman–Crippen LogP) is 1.53. The standard InChI is InChI=1S/C11H14N2O3S3/c1-8-10(17-7-12-8)6-13-19(15,16)11-3-2-9(18-11)4-5-14/h2-3,7,13-14H,4-6H2,1H3. The van der Waals surface area contributed by atoms with Crippen LogP contribution in [-0.2, 0) is 23.0 Å². The zero-order chi connectivity index (χ0) is 13.9. The lowest BCUT2D eigenvalue weighted by Gasteiger charge is -2.03. The van der Waals surface area contributed by atoms with Gasteiger partial charge >= 0.3 is 0 Å². The molecule has 0 aliphatic rings. The van der Waals surface area contributed by atoms with Gasteiger partial charge in [0.25, 0.3) is 0 Å². The Labute approximate surface area is 120 Å². The van der Waals surface area contributed by atoms with Gasteiger partial charge in [-0.1, -0.05) is 0 Å². The number of hydrogen-bond acceptors (Lipinski definition) is 6. The number of aryl methyl sites for hydroxylation is 1. The Morgan fingerprint density at radius 2 is 2.21 bits per heavy atom. The van der Waals surface area contributed by atoms with Crippen molar-refractivity contribution in [2.75, 3.05) is 6.61 Å². The summed E-state index contributed by atoms with van der Waals surface area (Å²) in [6.45, 7) is 2.13. The molecule has 0 saturated heterocycles. The second kappa shape index (κ2) is 6.10. The molecule has 2 rings (SSSR count). The van der Waals surface area contributed by atoms with E-state index in [0.29, 0.717) is 6.42 Å². The van der Waals surface area contributed by atoms with E-state index < -0.39 is 10.0 Å². The first-order valence-corrected chi connectivity index (χ1v) is 8.79. The first kappa shape index (κ1) is 14.6. The molecule has 0 unspecified atom stereocenters. The summed E-state index contributed by atoms with van der Waals surface area (Å²) in [4.78, 5) is 5.85. The predicted molar refractivity (Wildman–Crippen MR) is 76.0 cm³/mol. The van der Waals surface area contributed by atoms with Crippen LogP contribution in [0.3, 0.4) is 0 Å². The Balaban J connectivity index is 2.07. The van der Waals surface area contributed by atoms with E-state index in [9.17, 15) is 8.42 Å². The van der Waals surface area contributed by atoms with Crippen LogP contribution in [-0.4, -0.2) is 25.1 Å². The summed E-state index contributed by atoms with van der Waals surface area (Å²) in [6.07, 6.45) is 0.480. The molecule has 19 heavy (non-hydrogen) atoms. The highest BCUT2D eigenvalue weighted by Crippen LogP contribution is 2.22. The molecule has 0 bridgehead atoms. The van der Waals surface area contributed by atoms with Crippen LogP contribution in [0.2, 0.25) is 0 Å². The highest BCUT2D eigenvalue weighted by atomic mass is 32.2. The molecule has 104 valence electrons. The van der Waals surface area contributed by atoms with E-state index >= 15 is 0 Å². The van der Waals surface area contributed by atoms with Crippen LogP contribution in [0.1, 0.15) is 15.4 Å². The fourth-order valence-corrected chi connectivity index (χ4v) is 4.67. The van der Waals surface area contributed by atoms with Crippen LogP contribution < -0.4 is 4.72 Å². The van der Waals surface area contributed by atoms with E-state index in [4.69, 9.17) is 5.11 Å². The van der Waals surface area contributed by atoms with E-state index in [1.807, 2.05) is 6.92 Å². The van der Waals surface area contributed by atoms with Crippen LogP contribution in [0.4, 0.5) is 0 Å². The fourth-order valence-electron chi connectivity index (χ4n) is 1.47. The number of hydrogen-bond donors (Lipinski definition) is 2. The number of aromatic nitrogens is 1. The first-order valence-electron chi connectivity index (χ1n) is 5.61. The highest BCUT2D eigenvalue weighted by molar-refractivity contribution is 7.91. The zero-order valence-electron chi connectivity index (χ0n) is 10.3. The minimum Gasteiger partial charge on any atom is -0.396 e. The Hall–Kier alpha value is -0.800. The van der Waals surface area contributed by atoms with Gasteiger partial charge in [-0.2, -0.15) is 0 Å². The van der Waals surface area contributed by atoms with Crippen molar-refractivity contribution < 1.29 is 13.5 Å². The smallest absolute Gasteiger partial charge is 0.250 e. The van der Waals surface area contributed by atoms with Gasteiger partial charge in [0.1, 0.15) is 4.21 Å². The van der Waals surface area contributed by atoms with Gasteiger partial charge in [0.15, 0.2) is 0 Å².